The van der Waals surface area contributed by atoms with Gasteiger partial charge in [0.1, 0.15) is 17.2 Å². The van der Waals surface area contributed by atoms with Crippen molar-refractivity contribution in [3.63, 3.8) is 0 Å². The number of ether oxygens (including phenoxy) is 1. The molecule has 7 rings (SSSR count). The number of rotatable bonds is 8. The van der Waals surface area contributed by atoms with E-state index in [0.717, 1.165) is 53.6 Å². The molecule has 1 aliphatic heterocycles. The van der Waals surface area contributed by atoms with Crippen LogP contribution in [-0.4, -0.2) is 46.4 Å². The van der Waals surface area contributed by atoms with E-state index in [4.69, 9.17) is 37.4 Å². The molecule has 11 heteroatoms. The van der Waals surface area contributed by atoms with Crippen LogP contribution < -0.4 is 9.64 Å². The van der Waals surface area contributed by atoms with E-state index in [0.29, 0.717) is 50.7 Å². The number of methoxy groups -OCH3 is 1. The Bertz CT molecular complexity index is 1630. The van der Waals surface area contributed by atoms with Crippen LogP contribution in [0.25, 0.3) is 28.6 Å². The van der Waals surface area contributed by atoms with E-state index in [9.17, 15) is 9.90 Å². The van der Waals surface area contributed by atoms with E-state index in [-0.39, 0.29) is 5.56 Å². The second-order valence-electron chi connectivity index (χ2n) is 10.5. The summed E-state index contributed by atoms with van der Waals surface area (Å²) < 4.78 is 11.1. The van der Waals surface area contributed by atoms with Crippen molar-refractivity contribution in [1.82, 2.24) is 15.1 Å². The van der Waals surface area contributed by atoms with E-state index < -0.39 is 5.97 Å². The molecule has 3 aliphatic rings. The highest BCUT2D eigenvalue weighted by Gasteiger charge is 2.54. The number of pyridine rings is 1. The molecule has 40 heavy (non-hydrogen) atoms. The number of piperidine rings is 1. The predicted molar refractivity (Wildman–Crippen MR) is 155 cm³/mol. The van der Waals surface area contributed by atoms with Gasteiger partial charge < -0.3 is 19.3 Å². The average molecular weight is 596 g/mol. The van der Waals surface area contributed by atoms with Gasteiger partial charge in [0.05, 0.1) is 28.4 Å². The number of hydrogen-bond acceptors (Lipinski definition) is 8. The van der Waals surface area contributed by atoms with Crippen molar-refractivity contribution < 1.29 is 19.2 Å². The van der Waals surface area contributed by atoms with Crippen LogP contribution in [0.4, 0.5) is 5.13 Å². The van der Waals surface area contributed by atoms with Crippen molar-refractivity contribution in [3.05, 3.63) is 69.0 Å². The first-order chi connectivity index (χ1) is 19.4. The van der Waals surface area contributed by atoms with E-state index in [1.54, 1.807) is 29.8 Å². The fourth-order valence-electron chi connectivity index (χ4n) is 5.68. The highest BCUT2D eigenvalue weighted by molar-refractivity contribution is 7.14. The Kier molecular flexibility index (Phi) is 6.33. The first kappa shape index (κ1) is 25.6. The SMILES string of the molecule is COc1cc(C(=O)O)cc(-c2csc(N3CC4C(/C=C/c5c(-c6c(Cl)cncc6Cl)noc5C5CC5)C4C3)n2)c1. The standard InChI is InChI=1S/C29H24Cl2N4O4S/c1-38-17-7-15(6-16(8-17)28(36)37)24-13-40-29(33-24)35-11-20-18(21(20)12-35)4-5-19-26(34-39-27(19)14-2-3-14)25-22(30)9-32-10-23(25)31/h4-10,13-14,18,20-21H,2-3,11-12H2,1H3,(H,36,37)/b5-4+. The van der Waals surface area contributed by atoms with Gasteiger partial charge in [0.25, 0.3) is 0 Å². The molecular weight excluding hydrogens is 571 g/mol. The monoisotopic (exact) mass is 594 g/mol. The number of anilines is 1. The lowest BCUT2D eigenvalue weighted by Gasteiger charge is -2.17. The number of carboxylic acids is 1. The quantitative estimate of drug-likeness (QED) is 0.229. The second-order valence-corrected chi connectivity index (χ2v) is 12.2. The van der Waals surface area contributed by atoms with E-state index >= 15 is 0 Å². The molecule has 3 aromatic heterocycles. The Morgan fingerprint density at radius 2 is 1.93 bits per heavy atom. The van der Waals surface area contributed by atoms with Crippen LogP contribution >= 0.6 is 34.5 Å². The molecule has 2 atom stereocenters. The van der Waals surface area contributed by atoms with Crippen LogP contribution in [0.5, 0.6) is 5.75 Å². The van der Waals surface area contributed by atoms with Crippen molar-refractivity contribution in [2.24, 2.45) is 17.8 Å². The zero-order chi connectivity index (χ0) is 27.5. The lowest BCUT2D eigenvalue weighted by atomic mass is 10.0. The maximum absolute atomic E-state index is 11.5. The molecule has 4 aromatic rings. The van der Waals surface area contributed by atoms with Gasteiger partial charge in [-0.1, -0.05) is 40.5 Å². The van der Waals surface area contributed by atoms with Crippen molar-refractivity contribution in [1.29, 1.82) is 0 Å². The van der Waals surface area contributed by atoms with Crippen molar-refractivity contribution in [2.45, 2.75) is 18.8 Å². The number of aromatic carboxylic acids is 1. The molecule has 0 spiro atoms. The third-order valence-corrected chi connectivity index (χ3v) is 9.46. The highest BCUT2D eigenvalue weighted by Crippen LogP contribution is 2.54. The maximum Gasteiger partial charge on any atom is 0.335 e. The summed E-state index contributed by atoms with van der Waals surface area (Å²) in [4.78, 5) is 22.8. The van der Waals surface area contributed by atoms with Gasteiger partial charge in [-0.05, 0) is 48.8 Å². The molecule has 0 radical (unpaired) electrons. The number of allylic oxidation sites excluding steroid dienone is 1. The first-order valence-electron chi connectivity index (χ1n) is 13.0. The minimum atomic E-state index is -0.996. The molecule has 1 N–H and O–H groups in total. The molecule has 0 bridgehead atoms. The van der Waals surface area contributed by atoms with Gasteiger partial charge >= 0.3 is 5.97 Å². The summed E-state index contributed by atoms with van der Waals surface area (Å²) >= 11 is 14.5. The molecule has 2 aliphatic carbocycles. The van der Waals surface area contributed by atoms with Gasteiger partial charge in [0.2, 0.25) is 0 Å². The minimum absolute atomic E-state index is 0.176. The third-order valence-electron chi connectivity index (χ3n) is 7.99. The second kappa shape index (κ2) is 9.90. The predicted octanol–water partition coefficient (Wildman–Crippen LogP) is 7.15. The van der Waals surface area contributed by atoms with Crippen LogP contribution in [0.3, 0.4) is 0 Å². The summed E-state index contributed by atoms with van der Waals surface area (Å²) in [5.41, 5.74) is 3.94. The number of fused-ring (bicyclic) bond motifs is 1. The lowest BCUT2D eigenvalue weighted by molar-refractivity contribution is 0.0696. The van der Waals surface area contributed by atoms with Crippen molar-refractivity contribution in [2.75, 3.05) is 25.1 Å². The van der Waals surface area contributed by atoms with E-state index in [1.807, 2.05) is 11.4 Å². The molecule has 1 saturated heterocycles. The summed E-state index contributed by atoms with van der Waals surface area (Å²) in [5, 5.41) is 17.6. The molecular formula is C29H24Cl2N4O4S. The van der Waals surface area contributed by atoms with Gasteiger partial charge in [0.15, 0.2) is 5.13 Å². The van der Waals surface area contributed by atoms with Gasteiger partial charge in [-0.2, -0.15) is 0 Å². The summed E-state index contributed by atoms with van der Waals surface area (Å²) in [5.74, 6) is 2.39. The molecule has 2 saturated carbocycles. The molecule has 8 nitrogen and oxygen atoms in total. The van der Waals surface area contributed by atoms with Gasteiger partial charge in [-0.25, -0.2) is 9.78 Å². The summed E-state index contributed by atoms with van der Waals surface area (Å²) in [6, 6.07) is 4.96. The van der Waals surface area contributed by atoms with Gasteiger partial charge in [0, 0.05) is 53.5 Å². The van der Waals surface area contributed by atoms with Gasteiger partial charge in [-0.15, -0.1) is 11.3 Å². The molecule has 1 aromatic carbocycles. The summed E-state index contributed by atoms with van der Waals surface area (Å²) in [7, 11) is 1.53. The van der Waals surface area contributed by atoms with Crippen LogP contribution in [0.2, 0.25) is 10.0 Å². The topological polar surface area (TPSA) is 102 Å². The molecule has 204 valence electrons. The third kappa shape index (κ3) is 4.56. The van der Waals surface area contributed by atoms with Crippen LogP contribution in [-0.2, 0) is 0 Å². The number of carbonyl (C=O) groups is 1. The molecule has 0 amide bonds. The molecule has 4 heterocycles. The van der Waals surface area contributed by atoms with Gasteiger partial charge in [-0.3, -0.25) is 4.98 Å². The smallest absolute Gasteiger partial charge is 0.335 e. The van der Waals surface area contributed by atoms with Crippen molar-refractivity contribution in [3.8, 4) is 28.3 Å². The Hall–Kier alpha value is -3.40. The minimum Gasteiger partial charge on any atom is -0.497 e. The number of aromatic nitrogens is 3. The molecule has 2 unspecified atom stereocenters. The fourth-order valence-corrected chi connectivity index (χ4v) is 7.08. The van der Waals surface area contributed by atoms with Crippen LogP contribution in [0.15, 0.2) is 46.6 Å². The van der Waals surface area contributed by atoms with Crippen LogP contribution in [0, 0.1) is 17.8 Å². The maximum atomic E-state index is 11.5. The number of thiazole rings is 1. The fraction of sp³-hybridized carbons (Fsp3) is 0.310. The number of nitrogens with zero attached hydrogens (tertiary/aromatic N) is 4. The normalized spacial score (nSPS) is 21.7. The number of hydrogen-bond donors (Lipinski definition) is 1. The Morgan fingerprint density at radius 1 is 1.18 bits per heavy atom. The van der Waals surface area contributed by atoms with E-state index in [2.05, 4.69) is 27.2 Å². The Morgan fingerprint density at radius 3 is 2.60 bits per heavy atom. The zero-order valence-corrected chi connectivity index (χ0v) is 23.7. The lowest BCUT2D eigenvalue weighted by Crippen LogP contribution is -2.23. The Balaban J connectivity index is 1.07. The number of carboxylic acid groups (broad SMARTS) is 1. The first-order valence-corrected chi connectivity index (χ1v) is 14.6. The molecule has 3 fully saturated rings. The Labute approximate surface area is 244 Å². The van der Waals surface area contributed by atoms with Crippen LogP contribution in [0.1, 0.15) is 40.4 Å². The number of benzene rings is 1. The number of halogens is 2. The average Bonchev–Trinajstić information content (AvgIpc) is 3.68. The zero-order valence-electron chi connectivity index (χ0n) is 21.4. The largest absolute Gasteiger partial charge is 0.497 e. The van der Waals surface area contributed by atoms with E-state index in [1.165, 1.54) is 13.2 Å². The van der Waals surface area contributed by atoms with Crippen molar-refractivity contribution >= 4 is 51.7 Å². The highest BCUT2D eigenvalue weighted by atomic mass is 35.5. The summed E-state index contributed by atoms with van der Waals surface area (Å²) in [6.07, 6.45) is 9.77. The summed E-state index contributed by atoms with van der Waals surface area (Å²) in [6.45, 7) is 1.86.